The fraction of sp³-hybridized carbons (Fsp3) is 0.409. The fourth-order valence-corrected chi connectivity index (χ4v) is 3.62. The largest absolute Gasteiger partial charge is 0.355 e. The van der Waals surface area contributed by atoms with E-state index in [0.717, 1.165) is 56.3 Å². The lowest BCUT2D eigenvalue weighted by Crippen LogP contribution is -2.48. The quantitative estimate of drug-likeness (QED) is 0.757. The summed E-state index contributed by atoms with van der Waals surface area (Å²) in [6.45, 7) is 6.94. The molecule has 1 aliphatic heterocycles. The number of aryl methyl sites for hydroxylation is 1. The highest BCUT2D eigenvalue weighted by atomic mass is 35.5. The Balaban J connectivity index is 1.28. The van der Waals surface area contributed by atoms with Gasteiger partial charge in [0.25, 0.3) is 0 Å². The van der Waals surface area contributed by atoms with E-state index in [1.54, 1.807) is 0 Å². The molecule has 0 aromatic heterocycles. The van der Waals surface area contributed by atoms with Crippen LogP contribution >= 0.6 is 11.6 Å². The van der Waals surface area contributed by atoms with Crippen LogP contribution in [-0.4, -0.2) is 55.0 Å². The molecule has 1 heterocycles. The first-order valence-electron chi connectivity index (χ1n) is 9.69. The first kappa shape index (κ1) is 19.9. The van der Waals surface area contributed by atoms with Crippen molar-refractivity contribution in [3.05, 3.63) is 70.7 Å². The van der Waals surface area contributed by atoms with Gasteiger partial charge in [-0.25, -0.2) is 0 Å². The lowest BCUT2D eigenvalue weighted by Gasteiger charge is -2.34. The van der Waals surface area contributed by atoms with E-state index in [9.17, 15) is 4.79 Å². The average molecular weight is 386 g/mol. The maximum atomic E-state index is 12.0. The van der Waals surface area contributed by atoms with Crippen LogP contribution in [0.5, 0.6) is 0 Å². The van der Waals surface area contributed by atoms with Gasteiger partial charge in [0.05, 0.1) is 0 Å². The van der Waals surface area contributed by atoms with Crippen molar-refractivity contribution in [1.82, 2.24) is 15.1 Å². The predicted octanol–water partition coefficient (Wildman–Crippen LogP) is 3.21. The number of nitrogens with one attached hydrogen (secondary N) is 1. The average Bonchev–Trinajstić information content (AvgIpc) is 2.69. The van der Waals surface area contributed by atoms with Crippen LogP contribution in [0.2, 0.25) is 5.02 Å². The van der Waals surface area contributed by atoms with Gasteiger partial charge in [0, 0.05) is 57.3 Å². The van der Waals surface area contributed by atoms with Gasteiger partial charge in [0.2, 0.25) is 5.91 Å². The number of benzene rings is 2. The molecule has 27 heavy (non-hydrogen) atoms. The minimum absolute atomic E-state index is 0.109. The summed E-state index contributed by atoms with van der Waals surface area (Å²) in [7, 11) is 0. The van der Waals surface area contributed by atoms with Crippen LogP contribution in [-0.2, 0) is 17.8 Å². The van der Waals surface area contributed by atoms with Crippen LogP contribution in [0.1, 0.15) is 17.5 Å². The second-order valence-electron chi connectivity index (χ2n) is 7.08. The molecule has 0 saturated carbocycles. The van der Waals surface area contributed by atoms with E-state index in [1.165, 1.54) is 5.56 Å². The van der Waals surface area contributed by atoms with Crippen molar-refractivity contribution in [2.75, 3.05) is 39.3 Å². The van der Waals surface area contributed by atoms with Crippen molar-refractivity contribution in [2.45, 2.75) is 19.4 Å². The maximum Gasteiger partial charge on any atom is 0.220 e. The first-order chi connectivity index (χ1) is 13.2. The van der Waals surface area contributed by atoms with Gasteiger partial charge in [0.1, 0.15) is 0 Å². The Morgan fingerprint density at radius 3 is 2.37 bits per heavy atom. The molecule has 0 aliphatic carbocycles. The molecule has 2 aromatic carbocycles. The Morgan fingerprint density at radius 1 is 0.926 bits per heavy atom. The van der Waals surface area contributed by atoms with Gasteiger partial charge in [-0.05, 0) is 29.7 Å². The fourth-order valence-electron chi connectivity index (χ4n) is 3.40. The zero-order valence-electron chi connectivity index (χ0n) is 15.7. The van der Waals surface area contributed by atoms with Crippen LogP contribution < -0.4 is 5.32 Å². The summed E-state index contributed by atoms with van der Waals surface area (Å²) in [6, 6.07) is 18.3. The van der Waals surface area contributed by atoms with Crippen LogP contribution in [0.4, 0.5) is 0 Å². The maximum absolute atomic E-state index is 12.0. The summed E-state index contributed by atoms with van der Waals surface area (Å²) < 4.78 is 0. The van der Waals surface area contributed by atoms with Crippen molar-refractivity contribution in [1.29, 1.82) is 0 Å². The van der Waals surface area contributed by atoms with Crippen LogP contribution in [0.25, 0.3) is 0 Å². The smallest absolute Gasteiger partial charge is 0.220 e. The van der Waals surface area contributed by atoms with Crippen molar-refractivity contribution < 1.29 is 4.79 Å². The highest BCUT2D eigenvalue weighted by Gasteiger charge is 2.16. The molecule has 4 nitrogen and oxygen atoms in total. The van der Waals surface area contributed by atoms with Gasteiger partial charge in [-0.2, -0.15) is 0 Å². The summed E-state index contributed by atoms with van der Waals surface area (Å²) in [4.78, 5) is 17.0. The monoisotopic (exact) mass is 385 g/mol. The van der Waals surface area contributed by atoms with E-state index in [4.69, 9.17) is 11.6 Å². The summed E-state index contributed by atoms with van der Waals surface area (Å²) >= 11 is 5.98. The highest BCUT2D eigenvalue weighted by molar-refractivity contribution is 6.30. The van der Waals surface area contributed by atoms with Crippen molar-refractivity contribution in [2.24, 2.45) is 0 Å². The number of carbonyl (C=O) groups is 1. The SMILES string of the molecule is O=C(CCc1cccc(Cl)c1)NCCN1CCN(Cc2ccccc2)CC1. The Labute approximate surface area is 167 Å². The standard InChI is InChI=1S/C22H28ClN3O/c23-21-8-4-7-19(17-21)9-10-22(27)24-11-12-25-13-15-26(16-14-25)18-20-5-2-1-3-6-20/h1-8,17H,9-16,18H2,(H,24,27). The lowest BCUT2D eigenvalue weighted by molar-refractivity contribution is -0.121. The van der Waals surface area contributed by atoms with E-state index in [-0.39, 0.29) is 5.91 Å². The molecule has 1 fully saturated rings. The molecule has 1 aliphatic rings. The summed E-state index contributed by atoms with van der Waals surface area (Å²) in [5.41, 5.74) is 2.48. The van der Waals surface area contributed by atoms with Crippen molar-refractivity contribution >= 4 is 17.5 Å². The number of halogens is 1. The van der Waals surface area contributed by atoms with Gasteiger partial charge >= 0.3 is 0 Å². The van der Waals surface area contributed by atoms with Crippen LogP contribution in [0.15, 0.2) is 54.6 Å². The molecule has 0 atom stereocenters. The Morgan fingerprint density at radius 2 is 1.63 bits per heavy atom. The molecular formula is C22H28ClN3O. The van der Waals surface area contributed by atoms with E-state index in [2.05, 4.69) is 45.4 Å². The van der Waals surface area contributed by atoms with E-state index in [0.29, 0.717) is 13.0 Å². The molecule has 0 bridgehead atoms. The molecule has 3 rings (SSSR count). The zero-order chi connectivity index (χ0) is 18.9. The summed E-state index contributed by atoms with van der Waals surface area (Å²) in [5.74, 6) is 0.109. The Hall–Kier alpha value is -1.88. The van der Waals surface area contributed by atoms with E-state index >= 15 is 0 Å². The molecular weight excluding hydrogens is 358 g/mol. The highest BCUT2D eigenvalue weighted by Crippen LogP contribution is 2.12. The molecule has 1 N–H and O–H groups in total. The van der Waals surface area contributed by atoms with Gasteiger partial charge in [-0.15, -0.1) is 0 Å². The van der Waals surface area contributed by atoms with Crippen molar-refractivity contribution in [3.8, 4) is 0 Å². The minimum Gasteiger partial charge on any atom is -0.355 e. The number of carbonyl (C=O) groups excluding carboxylic acids is 1. The first-order valence-corrected chi connectivity index (χ1v) is 10.1. The molecule has 5 heteroatoms. The molecule has 1 amide bonds. The summed E-state index contributed by atoms with van der Waals surface area (Å²) in [5, 5.41) is 3.76. The lowest BCUT2D eigenvalue weighted by atomic mass is 10.1. The zero-order valence-corrected chi connectivity index (χ0v) is 16.5. The molecule has 0 unspecified atom stereocenters. The van der Waals surface area contributed by atoms with Crippen LogP contribution in [0.3, 0.4) is 0 Å². The number of hydrogen-bond donors (Lipinski definition) is 1. The van der Waals surface area contributed by atoms with Crippen molar-refractivity contribution in [3.63, 3.8) is 0 Å². The molecule has 0 radical (unpaired) electrons. The second-order valence-corrected chi connectivity index (χ2v) is 7.52. The van der Waals surface area contributed by atoms with E-state index in [1.807, 2.05) is 24.3 Å². The third kappa shape index (κ3) is 6.98. The number of rotatable bonds is 8. The summed E-state index contributed by atoms with van der Waals surface area (Å²) in [6.07, 6.45) is 1.23. The van der Waals surface area contributed by atoms with Gasteiger partial charge in [0.15, 0.2) is 0 Å². The third-order valence-electron chi connectivity index (χ3n) is 4.99. The number of amides is 1. The normalized spacial score (nSPS) is 15.6. The number of piperazine rings is 1. The number of nitrogens with zero attached hydrogens (tertiary/aromatic N) is 2. The topological polar surface area (TPSA) is 35.6 Å². The van der Waals surface area contributed by atoms with Gasteiger partial charge in [-0.1, -0.05) is 54.1 Å². The van der Waals surface area contributed by atoms with E-state index < -0.39 is 0 Å². The Kier molecular flexibility index (Phi) is 7.69. The van der Waals surface area contributed by atoms with Gasteiger partial charge in [-0.3, -0.25) is 14.6 Å². The minimum atomic E-state index is 0.109. The van der Waals surface area contributed by atoms with Crippen LogP contribution in [0, 0.1) is 0 Å². The molecule has 0 spiro atoms. The molecule has 1 saturated heterocycles. The predicted molar refractivity (Wildman–Crippen MR) is 111 cm³/mol. The molecule has 144 valence electrons. The Bertz CT molecular complexity index is 715. The second kappa shape index (κ2) is 10.5. The number of hydrogen-bond acceptors (Lipinski definition) is 3. The van der Waals surface area contributed by atoms with Gasteiger partial charge < -0.3 is 5.32 Å². The molecule has 2 aromatic rings. The third-order valence-corrected chi connectivity index (χ3v) is 5.23.